The number of carbonyl (C=O) groups is 1. The summed E-state index contributed by atoms with van der Waals surface area (Å²) in [5.41, 5.74) is 2.74. The average molecular weight is 308 g/mol. The lowest BCUT2D eigenvalue weighted by atomic mass is 10.2. The summed E-state index contributed by atoms with van der Waals surface area (Å²) in [6.07, 6.45) is 0. The highest BCUT2D eigenvalue weighted by molar-refractivity contribution is 5.99. The highest BCUT2D eigenvalue weighted by atomic mass is 16.5. The van der Waals surface area contributed by atoms with Crippen molar-refractivity contribution in [1.29, 1.82) is 0 Å². The summed E-state index contributed by atoms with van der Waals surface area (Å²) in [6, 6.07) is 17.7. The summed E-state index contributed by atoms with van der Waals surface area (Å²) in [5.74, 6) is 0.743. The van der Waals surface area contributed by atoms with Crippen molar-refractivity contribution in [2.24, 2.45) is 7.05 Å². The lowest BCUT2D eigenvalue weighted by molar-refractivity contribution is 0.0943. The molecule has 0 saturated carbocycles. The van der Waals surface area contributed by atoms with Gasteiger partial charge in [-0.3, -0.25) is 4.79 Å². The first kappa shape index (κ1) is 15.2. The topological polar surface area (TPSA) is 43.3 Å². The van der Waals surface area contributed by atoms with E-state index in [1.165, 1.54) is 0 Å². The summed E-state index contributed by atoms with van der Waals surface area (Å²) in [4.78, 5) is 12.5. The molecule has 1 N–H and O–H groups in total. The number of aryl methyl sites for hydroxylation is 1. The van der Waals surface area contributed by atoms with E-state index in [1.807, 2.05) is 73.1 Å². The van der Waals surface area contributed by atoms with E-state index in [1.54, 1.807) is 0 Å². The number of aromatic nitrogens is 1. The molecule has 0 spiro atoms. The molecular formula is C19H20N2O2. The number of carbonyl (C=O) groups excluding carboxylic acids is 1. The van der Waals surface area contributed by atoms with Crippen molar-refractivity contribution in [2.45, 2.75) is 13.5 Å². The number of benzene rings is 2. The molecule has 1 amide bonds. The fraction of sp³-hybridized carbons (Fsp3) is 0.211. The van der Waals surface area contributed by atoms with Crippen molar-refractivity contribution in [3.05, 3.63) is 65.9 Å². The Hall–Kier alpha value is -2.75. The first-order valence-electron chi connectivity index (χ1n) is 7.73. The number of nitrogens with zero attached hydrogens (tertiary/aromatic N) is 1. The molecule has 0 unspecified atom stereocenters. The number of ether oxygens (including phenoxy) is 1. The first-order valence-corrected chi connectivity index (χ1v) is 7.73. The zero-order valence-corrected chi connectivity index (χ0v) is 13.4. The van der Waals surface area contributed by atoms with Crippen LogP contribution in [0.15, 0.2) is 54.6 Å². The van der Waals surface area contributed by atoms with Gasteiger partial charge in [0.25, 0.3) is 5.91 Å². The van der Waals surface area contributed by atoms with Crippen LogP contribution in [0.2, 0.25) is 0 Å². The fourth-order valence-corrected chi connectivity index (χ4v) is 2.67. The van der Waals surface area contributed by atoms with Gasteiger partial charge >= 0.3 is 0 Å². The Kier molecular flexibility index (Phi) is 4.33. The Morgan fingerprint density at radius 2 is 1.91 bits per heavy atom. The molecule has 23 heavy (non-hydrogen) atoms. The summed E-state index contributed by atoms with van der Waals surface area (Å²) in [6.45, 7) is 3.10. The third-order valence-corrected chi connectivity index (χ3v) is 3.85. The van der Waals surface area contributed by atoms with Gasteiger partial charge in [-0.1, -0.05) is 30.3 Å². The molecule has 1 aromatic heterocycles. The van der Waals surface area contributed by atoms with E-state index in [2.05, 4.69) is 5.32 Å². The smallest absolute Gasteiger partial charge is 0.268 e. The quantitative estimate of drug-likeness (QED) is 0.784. The van der Waals surface area contributed by atoms with Gasteiger partial charge < -0.3 is 14.6 Å². The second-order valence-electron chi connectivity index (χ2n) is 5.41. The predicted octanol–water partition coefficient (Wildman–Crippen LogP) is 3.51. The molecule has 0 fully saturated rings. The average Bonchev–Trinajstić information content (AvgIpc) is 2.90. The summed E-state index contributed by atoms with van der Waals surface area (Å²) in [7, 11) is 1.90. The van der Waals surface area contributed by atoms with Crippen molar-refractivity contribution < 1.29 is 9.53 Å². The van der Waals surface area contributed by atoms with Crippen LogP contribution in [-0.4, -0.2) is 17.1 Å². The van der Waals surface area contributed by atoms with E-state index in [9.17, 15) is 4.79 Å². The standard InChI is InChI=1S/C19H20N2O2/c1-3-23-16-9-10-17-15(11-16)12-18(21(17)2)19(22)20-13-14-7-5-4-6-8-14/h4-12H,3,13H2,1-2H3,(H,20,22). The van der Waals surface area contributed by atoms with Crippen molar-refractivity contribution >= 4 is 16.8 Å². The number of hydrogen-bond acceptors (Lipinski definition) is 2. The molecule has 1 heterocycles. The van der Waals surface area contributed by atoms with Crippen LogP contribution in [0.4, 0.5) is 0 Å². The maximum atomic E-state index is 12.5. The Morgan fingerprint density at radius 1 is 1.13 bits per heavy atom. The molecule has 3 rings (SSSR count). The fourth-order valence-electron chi connectivity index (χ4n) is 2.67. The van der Waals surface area contributed by atoms with Gasteiger partial charge in [0.05, 0.1) is 6.61 Å². The van der Waals surface area contributed by atoms with E-state index in [4.69, 9.17) is 4.74 Å². The number of nitrogens with one attached hydrogen (secondary N) is 1. The number of hydrogen-bond donors (Lipinski definition) is 1. The minimum atomic E-state index is -0.0782. The third kappa shape index (κ3) is 3.21. The van der Waals surface area contributed by atoms with Crippen molar-refractivity contribution in [3.63, 3.8) is 0 Å². The molecule has 0 aliphatic heterocycles. The van der Waals surface area contributed by atoms with Crippen molar-refractivity contribution in [3.8, 4) is 5.75 Å². The number of amides is 1. The SMILES string of the molecule is CCOc1ccc2c(c1)cc(C(=O)NCc1ccccc1)n2C. The minimum absolute atomic E-state index is 0.0782. The van der Waals surface area contributed by atoms with E-state index in [-0.39, 0.29) is 5.91 Å². The Balaban J connectivity index is 1.81. The first-order chi connectivity index (χ1) is 11.2. The van der Waals surface area contributed by atoms with Crippen LogP contribution < -0.4 is 10.1 Å². The van der Waals surface area contributed by atoms with Gasteiger partial charge in [0.2, 0.25) is 0 Å². The Morgan fingerprint density at radius 3 is 2.65 bits per heavy atom. The summed E-state index contributed by atoms with van der Waals surface area (Å²) < 4.78 is 7.43. The van der Waals surface area contributed by atoms with Gasteiger partial charge in [-0.15, -0.1) is 0 Å². The molecule has 4 nitrogen and oxygen atoms in total. The van der Waals surface area contributed by atoms with Gasteiger partial charge in [0.15, 0.2) is 0 Å². The third-order valence-electron chi connectivity index (χ3n) is 3.85. The van der Waals surface area contributed by atoms with Gasteiger partial charge in [-0.25, -0.2) is 0 Å². The molecule has 3 aromatic rings. The minimum Gasteiger partial charge on any atom is -0.494 e. The maximum absolute atomic E-state index is 12.5. The monoisotopic (exact) mass is 308 g/mol. The molecule has 4 heteroatoms. The maximum Gasteiger partial charge on any atom is 0.268 e. The van der Waals surface area contributed by atoms with Gasteiger partial charge in [-0.2, -0.15) is 0 Å². The molecule has 118 valence electrons. The molecule has 0 aliphatic rings. The van der Waals surface area contributed by atoms with Crippen LogP contribution in [0.1, 0.15) is 23.0 Å². The molecule has 0 radical (unpaired) electrons. The van der Waals surface area contributed by atoms with Crippen LogP contribution in [-0.2, 0) is 13.6 Å². The molecule has 0 aliphatic carbocycles. The predicted molar refractivity (Wildman–Crippen MR) is 91.7 cm³/mol. The zero-order valence-electron chi connectivity index (χ0n) is 13.4. The summed E-state index contributed by atoms with van der Waals surface area (Å²) >= 11 is 0. The number of fused-ring (bicyclic) bond motifs is 1. The van der Waals surface area contributed by atoms with Gasteiger partial charge in [-0.05, 0) is 36.8 Å². The van der Waals surface area contributed by atoms with Crippen molar-refractivity contribution in [2.75, 3.05) is 6.61 Å². The largest absolute Gasteiger partial charge is 0.494 e. The lowest BCUT2D eigenvalue weighted by Crippen LogP contribution is -2.24. The zero-order chi connectivity index (χ0) is 16.2. The molecule has 0 atom stereocenters. The van der Waals surface area contributed by atoms with Gasteiger partial charge in [0.1, 0.15) is 11.4 Å². The van der Waals surface area contributed by atoms with E-state index in [0.717, 1.165) is 22.2 Å². The molecular weight excluding hydrogens is 288 g/mol. The summed E-state index contributed by atoms with van der Waals surface area (Å²) in [5, 5.41) is 3.97. The molecule has 0 bridgehead atoms. The highest BCUT2D eigenvalue weighted by Crippen LogP contribution is 2.24. The van der Waals surface area contributed by atoms with E-state index in [0.29, 0.717) is 18.8 Å². The number of rotatable bonds is 5. The second-order valence-corrected chi connectivity index (χ2v) is 5.41. The van der Waals surface area contributed by atoms with E-state index < -0.39 is 0 Å². The molecule has 0 saturated heterocycles. The van der Waals surface area contributed by atoms with Crippen LogP contribution in [0.3, 0.4) is 0 Å². The van der Waals surface area contributed by atoms with Crippen LogP contribution in [0, 0.1) is 0 Å². The van der Waals surface area contributed by atoms with Crippen LogP contribution in [0.5, 0.6) is 5.75 Å². The van der Waals surface area contributed by atoms with Crippen LogP contribution in [0.25, 0.3) is 10.9 Å². The van der Waals surface area contributed by atoms with Crippen LogP contribution >= 0.6 is 0 Å². The lowest BCUT2D eigenvalue weighted by Gasteiger charge is -2.07. The second kappa shape index (κ2) is 6.57. The Bertz CT molecular complexity index is 822. The Labute approximate surface area is 135 Å². The normalized spacial score (nSPS) is 10.7. The highest BCUT2D eigenvalue weighted by Gasteiger charge is 2.13. The van der Waals surface area contributed by atoms with Gasteiger partial charge in [0, 0.05) is 24.5 Å². The van der Waals surface area contributed by atoms with E-state index >= 15 is 0 Å². The molecule has 2 aromatic carbocycles. The van der Waals surface area contributed by atoms with Crippen molar-refractivity contribution in [1.82, 2.24) is 9.88 Å².